The molecule has 3 N–H and O–H groups in total. The molecule has 1 aromatic heterocycles. The fraction of sp³-hybridized carbons (Fsp3) is 0.250. The molecule has 4 heteroatoms. The number of aromatic nitrogens is 1. The Kier molecular flexibility index (Phi) is 2.92. The molecule has 0 unspecified atom stereocenters. The molecule has 0 saturated carbocycles. The van der Waals surface area contributed by atoms with Gasteiger partial charge in [0.25, 0.3) is 0 Å². The number of hydrogen-bond donors (Lipinski definition) is 2. The molecular formula is C12H14N2O2. The lowest BCUT2D eigenvalue weighted by Gasteiger charge is -1.96. The van der Waals surface area contributed by atoms with Gasteiger partial charge in [0.1, 0.15) is 5.69 Å². The van der Waals surface area contributed by atoms with Gasteiger partial charge in [-0.25, -0.2) is 4.79 Å². The first-order valence-corrected chi connectivity index (χ1v) is 5.24. The number of carbonyl (C=O) groups excluding carboxylic acids is 1. The Morgan fingerprint density at radius 1 is 1.50 bits per heavy atom. The van der Waals surface area contributed by atoms with Crippen molar-refractivity contribution in [2.24, 2.45) is 5.73 Å². The Labute approximate surface area is 93.4 Å². The summed E-state index contributed by atoms with van der Waals surface area (Å²) in [5, 5.41) is 0.980. The third-order valence-electron chi connectivity index (χ3n) is 2.47. The maximum atomic E-state index is 11.5. The van der Waals surface area contributed by atoms with Crippen molar-refractivity contribution in [1.82, 2.24) is 4.98 Å². The van der Waals surface area contributed by atoms with Crippen LogP contribution in [0.15, 0.2) is 24.3 Å². The highest BCUT2D eigenvalue weighted by Crippen LogP contribution is 2.20. The Hall–Kier alpha value is -1.81. The van der Waals surface area contributed by atoms with E-state index in [1.165, 1.54) is 0 Å². The van der Waals surface area contributed by atoms with Crippen molar-refractivity contribution in [3.8, 4) is 0 Å². The minimum absolute atomic E-state index is 0.332. The predicted octanol–water partition coefficient (Wildman–Crippen LogP) is 1.80. The molecule has 0 bridgehead atoms. The van der Waals surface area contributed by atoms with Crippen molar-refractivity contribution in [2.75, 3.05) is 6.61 Å². The summed E-state index contributed by atoms with van der Waals surface area (Å²) in [6, 6.07) is 7.56. The molecule has 1 aromatic carbocycles. The number of ether oxygens (including phenoxy) is 1. The topological polar surface area (TPSA) is 68.1 Å². The zero-order valence-electron chi connectivity index (χ0n) is 9.12. The van der Waals surface area contributed by atoms with Gasteiger partial charge in [-0.2, -0.15) is 0 Å². The van der Waals surface area contributed by atoms with Crippen molar-refractivity contribution < 1.29 is 9.53 Å². The first kappa shape index (κ1) is 10.7. The third-order valence-corrected chi connectivity index (χ3v) is 2.47. The standard InChI is InChI=1S/C12H14N2O2/c1-2-16-12(15)11-6-9-8(7-13)4-3-5-10(9)14-11/h3-6,14H,2,7,13H2,1H3. The van der Waals surface area contributed by atoms with E-state index >= 15 is 0 Å². The van der Waals surface area contributed by atoms with Crippen molar-refractivity contribution in [2.45, 2.75) is 13.5 Å². The Morgan fingerprint density at radius 3 is 3.00 bits per heavy atom. The molecule has 0 amide bonds. The van der Waals surface area contributed by atoms with Gasteiger partial charge in [0.15, 0.2) is 0 Å². The van der Waals surface area contributed by atoms with Gasteiger partial charge in [0, 0.05) is 17.4 Å². The van der Waals surface area contributed by atoms with Crippen LogP contribution in [0.3, 0.4) is 0 Å². The van der Waals surface area contributed by atoms with Gasteiger partial charge in [-0.3, -0.25) is 0 Å². The second-order valence-corrected chi connectivity index (χ2v) is 3.49. The minimum Gasteiger partial charge on any atom is -0.461 e. The second kappa shape index (κ2) is 4.37. The van der Waals surface area contributed by atoms with Gasteiger partial charge >= 0.3 is 5.97 Å². The first-order valence-electron chi connectivity index (χ1n) is 5.24. The lowest BCUT2D eigenvalue weighted by Crippen LogP contribution is -2.04. The largest absolute Gasteiger partial charge is 0.461 e. The average Bonchev–Trinajstić information content (AvgIpc) is 2.72. The van der Waals surface area contributed by atoms with Crippen LogP contribution < -0.4 is 5.73 Å². The highest BCUT2D eigenvalue weighted by Gasteiger charge is 2.11. The summed E-state index contributed by atoms with van der Waals surface area (Å²) in [5.74, 6) is -0.332. The van der Waals surface area contributed by atoms with E-state index < -0.39 is 0 Å². The van der Waals surface area contributed by atoms with Crippen molar-refractivity contribution in [3.05, 3.63) is 35.5 Å². The minimum atomic E-state index is -0.332. The van der Waals surface area contributed by atoms with Gasteiger partial charge in [-0.05, 0) is 24.6 Å². The highest BCUT2D eigenvalue weighted by molar-refractivity contribution is 5.95. The lowest BCUT2D eigenvalue weighted by atomic mass is 10.1. The number of aromatic amines is 1. The van der Waals surface area contributed by atoms with Crippen LogP contribution in [0.25, 0.3) is 10.9 Å². The molecule has 0 aliphatic heterocycles. The van der Waals surface area contributed by atoms with E-state index in [1.54, 1.807) is 13.0 Å². The fourth-order valence-electron chi connectivity index (χ4n) is 1.71. The van der Waals surface area contributed by atoms with Crippen LogP contribution in [0.2, 0.25) is 0 Å². The van der Waals surface area contributed by atoms with Crippen LogP contribution in [0, 0.1) is 0 Å². The molecule has 16 heavy (non-hydrogen) atoms. The number of fused-ring (bicyclic) bond motifs is 1. The maximum Gasteiger partial charge on any atom is 0.354 e. The zero-order chi connectivity index (χ0) is 11.5. The van der Waals surface area contributed by atoms with Crippen LogP contribution in [0.5, 0.6) is 0 Å². The summed E-state index contributed by atoms with van der Waals surface area (Å²) < 4.78 is 4.93. The lowest BCUT2D eigenvalue weighted by molar-refractivity contribution is 0.0520. The summed E-state index contributed by atoms with van der Waals surface area (Å²) in [4.78, 5) is 14.6. The van der Waals surface area contributed by atoms with E-state index in [9.17, 15) is 4.79 Å². The van der Waals surface area contributed by atoms with Crippen LogP contribution >= 0.6 is 0 Å². The summed E-state index contributed by atoms with van der Waals surface area (Å²) in [7, 11) is 0. The summed E-state index contributed by atoms with van der Waals surface area (Å²) in [6.07, 6.45) is 0. The molecule has 1 heterocycles. The normalized spacial score (nSPS) is 10.6. The molecule has 0 aliphatic carbocycles. The van der Waals surface area contributed by atoms with Crippen LogP contribution in [-0.2, 0) is 11.3 Å². The van der Waals surface area contributed by atoms with Crippen LogP contribution in [0.4, 0.5) is 0 Å². The van der Waals surface area contributed by atoms with E-state index in [2.05, 4.69) is 4.98 Å². The average molecular weight is 218 g/mol. The van der Waals surface area contributed by atoms with Crippen LogP contribution in [0.1, 0.15) is 23.0 Å². The third kappa shape index (κ3) is 1.79. The Bertz CT molecular complexity index is 517. The van der Waals surface area contributed by atoms with Gasteiger partial charge in [0.05, 0.1) is 6.61 Å². The quantitative estimate of drug-likeness (QED) is 0.772. The highest BCUT2D eigenvalue weighted by atomic mass is 16.5. The van der Waals surface area contributed by atoms with Gasteiger partial charge in [0.2, 0.25) is 0 Å². The van der Waals surface area contributed by atoms with E-state index in [0.717, 1.165) is 16.5 Å². The summed E-state index contributed by atoms with van der Waals surface area (Å²) in [6.45, 7) is 2.61. The summed E-state index contributed by atoms with van der Waals surface area (Å²) >= 11 is 0. The van der Waals surface area contributed by atoms with Gasteiger partial charge in [-0.15, -0.1) is 0 Å². The molecule has 2 aromatic rings. The number of nitrogens with one attached hydrogen (secondary N) is 1. The van der Waals surface area contributed by atoms with E-state index in [4.69, 9.17) is 10.5 Å². The van der Waals surface area contributed by atoms with Crippen molar-refractivity contribution >= 4 is 16.9 Å². The molecule has 0 radical (unpaired) electrons. The Balaban J connectivity index is 2.47. The number of hydrogen-bond acceptors (Lipinski definition) is 3. The fourth-order valence-corrected chi connectivity index (χ4v) is 1.71. The number of nitrogens with two attached hydrogens (primary N) is 1. The summed E-state index contributed by atoms with van der Waals surface area (Å²) in [5.41, 5.74) is 8.03. The van der Waals surface area contributed by atoms with Gasteiger partial charge in [-0.1, -0.05) is 12.1 Å². The molecule has 0 fully saturated rings. The molecule has 0 aliphatic rings. The first-order chi connectivity index (χ1) is 7.76. The monoisotopic (exact) mass is 218 g/mol. The molecule has 0 spiro atoms. The number of H-pyrrole nitrogens is 1. The van der Waals surface area contributed by atoms with E-state index in [0.29, 0.717) is 18.8 Å². The molecular weight excluding hydrogens is 204 g/mol. The molecule has 0 atom stereocenters. The Morgan fingerprint density at radius 2 is 2.31 bits per heavy atom. The van der Waals surface area contributed by atoms with E-state index in [1.807, 2.05) is 18.2 Å². The molecule has 84 valence electrons. The van der Waals surface area contributed by atoms with Gasteiger partial charge < -0.3 is 15.5 Å². The van der Waals surface area contributed by atoms with Crippen LogP contribution in [-0.4, -0.2) is 17.6 Å². The molecule has 4 nitrogen and oxygen atoms in total. The van der Waals surface area contributed by atoms with Crippen molar-refractivity contribution in [1.29, 1.82) is 0 Å². The number of carbonyl (C=O) groups is 1. The predicted molar refractivity (Wildman–Crippen MR) is 62.1 cm³/mol. The smallest absolute Gasteiger partial charge is 0.354 e. The maximum absolute atomic E-state index is 11.5. The molecule has 0 saturated heterocycles. The second-order valence-electron chi connectivity index (χ2n) is 3.49. The SMILES string of the molecule is CCOC(=O)c1cc2c(CN)cccc2[nH]1. The number of benzene rings is 1. The molecule has 2 rings (SSSR count). The van der Waals surface area contributed by atoms with Crippen molar-refractivity contribution in [3.63, 3.8) is 0 Å². The number of esters is 1. The number of rotatable bonds is 3. The zero-order valence-corrected chi connectivity index (χ0v) is 9.12. The van der Waals surface area contributed by atoms with E-state index in [-0.39, 0.29) is 5.97 Å².